The van der Waals surface area contributed by atoms with Gasteiger partial charge >= 0.3 is 0 Å². The van der Waals surface area contributed by atoms with Crippen LogP contribution in [-0.2, 0) is 6.54 Å². The second kappa shape index (κ2) is 7.07. The maximum Gasteiger partial charge on any atom is 0.0544 e. The van der Waals surface area contributed by atoms with Crippen molar-refractivity contribution in [2.24, 2.45) is 11.7 Å². The Bertz CT molecular complexity index is 353. The van der Waals surface area contributed by atoms with Crippen LogP contribution in [0.15, 0.2) is 18.3 Å². The predicted octanol–water partition coefficient (Wildman–Crippen LogP) is 2.37. The van der Waals surface area contributed by atoms with Gasteiger partial charge in [0.05, 0.1) is 5.69 Å². The molecule has 2 atom stereocenters. The van der Waals surface area contributed by atoms with Crippen molar-refractivity contribution >= 4 is 12.4 Å². The van der Waals surface area contributed by atoms with Crippen molar-refractivity contribution < 1.29 is 0 Å². The number of hydrogen-bond acceptors (Lipinski definition) is 3. The molecule has 102 valence electrons. The fraction of sp³-hybridized carbons (Fsp3) is 0.643. The van der Waals surface area contributed by atoms with Gasteiger partial charge < -0.3 is 5.73 Å². The van der Waals surface area contributed by atoms with E-state index >= 15 is 0 Å². The van der Waals surface area contributed by atoms with Gasteiger partial charge in [0.2, 0.25) is 0 Å². The molecule has 0 saturated carbocycles. The van der Waals surface area contributed by atoms with Gasteiger partial charge in [-0.1, -0.05) is 13.0 Å². The third-order valence-electron chi connectivity index (χ3n) is 3.71. The molecule has 1 aromatic rings. The van der Waals surface area contributed by atoms with Gasteiger partial charge in [-0.15, -0.1) is 12.4 Å². The minimum Gasteiger partial charge on any atom is -0.329 e. The Labute approximate surface area is 116 Å². The van der Waals surface area contributed by atoms with Crippen molar-refractivity contribution in [2.75, 3.05) is 13.1 Å². The van der Waals surface area contributed by atoms with E-state index in [1.54, 1.807) is 0 Å². The molecule has 1 aliphatic heterocycles. The lowest BCUT2D eigenvalue weighted by Gasteiger charge is -2.37. The minimum absolute atomic E-state index is 0. The van der Waals surface area contributed by atoms with Gasteiger partial charge in [-0.2, -0.15) is 0 Å². The molecule has 0 bridgehead atoms. The van der Waals surface area contributed by atoms with Crippen molar-refractivity contribution in [3.63, 3.8) is 0 Å². The molecule has 0 amide bonds. The first kappa shape index (κ1) is 15.4. The lowest BCUT2D eigenvalue weighted by molar-refractivity contribution is 0.114. The van der Waals surface area contributed by atoms with Crippen LogP contribution in [-0.4, -0.2) is 29.0 Å². The monoisotopic (exact) mass is 269 g/mol. The van der Waals surface area contributed by atoms with Crippen LogP contribution in [0.3, 0.4) is 0 Å². The molecule has 4 heteroatoms. The summed E-state index contributed by atoms with van der Waals surface area (Å²) in [5.74, 6) is 0.811. The molecule has 18 heavy (non-hydrogen) atoms. The number of pyridine rings is 1. The molecule has 2 unspecified atom stereocenters. The third-order valence-corrected chi connectivity index (χ3v) is 3.71. The number of halogens is 1. The van der Waals surface area contributed by atoms with E-state index < -0.39 is 0 Å². The molecule has 1 saturated heterocycles. The van der Waals surface area contributed by atoms with Crippen molar-refractivity contribution in [3.05, 3.63) is 29.6 Å². The summed E-state index contributed by atoms with van der Waals surface area (Å²) >= 11 is 0. The van der Waals surface area contributed by atoms with Crippen LogP contribution in [0.2, 0.25) is 0 Å². The Morgan fingerprint density at radius 2 is 2.22 bits per heavy atom. The first-order chi connectivity index (χ1) is 8.19. The van der Waals surface area contributed by atoms with E-state index in [0.717, 1.165) is 31.2 Å². The topological polar surface area (TPSA) is 42.1 Å². The van der Waals surface area contributed by atoms with Crippen molar-refractivity contribution in [2.45, 2.75) is 39.3 Å². The number of piperidine rings is 1. The Morgan fingerprint density at radius 1 is 1.44 bits per heavy atom. The highest BCUT2D eigenvalue weighted by atomic mass is 35.5. The predicted molar refractivity (Wildman–Crippen MR) is 77.9 cm³/mol. The minimum atomic E-state index is 0. The highest BCUT2D eigenvalue weighted by Crippen LogP contribution is 2.23. The van der Waals surface area contributed by atoms with Crippen LogP contribution in [0.25, 0.3) is 0 Å². The average Bonchev–Trinajstić information content (AvgIpc) is 2.34. The average molecular weight is 270 g/mol. The molecule has 3 nitrogen and oxygen atoms in total. The van der Waals surface area contributed by atoms with E-state index in [2.05, 4.69) is 35.9 Å². The van der Waals surface area contributed by atoms with Gasteiger partial charge in [-0.25, -0.2) is 0 Å². The van der Waals surface area contributed by atoms with Gasteiger partial charge in [0.25, 0.3) is 0 Å². The van der Waals surface area contributed by atoms with Gasteiger partial charge in [-0.3, -0.25) is 9.88 Å². The van der Waals surface area contributed by atoms with Crippen LogP contribution < -0.4 is 5.73 Å². The molecule has 0 radical (unpaired) electrons. The summed E-state index contributed by atoms with van der Waals surface area (Å²) < 4.78 is 0. The van der Waals surface area contributed by atoms with Crippen LogP contribution >= 0.6 is 12.4 Å². The number of rotatable bonds is 3. The molecular weight excluding hydrogens is 246 g/mol. The fourth-order valence-electron chi connectivity index (χ4n) is 2.55. The molecule has 0 aromatic carbocycles. The summed E-state index contributed by atoms with van der Waals surface area (Å²) in [6.07, 6.45) is 4.45. The Balaban J connectivity index is 0.00000162. The number of nitrogens with zero attached hydrogens (tertiary/aromatic N) is 2. The van der Waals surface area contributed by atoms with E-state index in [9.17, 15) is 0 Å². The van der Waals surface area contributed by atoms with Crippen LogP contribution in [0.1, 0.15) is 31.0 Å². The Kier molecular flexibility index (Phi) is 6.06. The summed E-state index contributed by atoms with van der Waals surface area (Å²) in [5.41, 5.74) is 8.25. The molecule has 1 aliphatic rings. The number of aryl methyl sites for hydroxylation is 1. The second-order valence-electron chi connectivity index (χ2n) is 5.32. The third kappa shape index (κ3) is 3.94. The molecule has 0 spiro atoms. The standard InChI is InChI=1S/C14H23N3.ClH/c1-11-5-6-17(14(7-11)8-15)10-13-4-3-12(2)9-16-13;/h3-4,9,11,14H,5-8,10,15H2,1-2H3;1H. The summed E-state index contributed by atoms with van der Waals surface area (Å²) in [4.78, 5) is 6.96. The molecule has 1 aromatic heterocycles. The van der Waals surface area contributed by atoms with E-state index in [4.69, 9.17) is 5.73 Å². The van der Waals surface area contributed by atoms with E-state index in [0.29, 0.717) is 6.04 Å². The largest absolute Gasteiger partial charge is 0.329 e. The van der Waals surface area contributed by atoms with Crippen molar-refractivity contribution in [1.29, 1.82) is 0 Å². The second-order valence-corrected chi connectivity index (χ2v) is 5.32. The Hall–Kier alpha value is -0.640. The molecule has 0 aliphatic carbocycles. The van der Waals surface area contributed by atoms with Gasteiger partial charge in [0.15, 0.2) is 0 Å². The van der Waals surface area contributed by atoms with Crippen molar-refractivity contribution in [3.8, 4) is 0 Å². The zero-order valence-electron chi connectivity index (χ0n) is 11.3. The lowest BCUT2D eigenvalue weighted by Crippen LogP contribution is -2.45. The lowest BCUT2D eigenvalue weighted by atomic mass is 9.92. The van der Waals surface area contributed by atoms with Crippen molar-refractivity contribution in [1.82, 2.24) is 9.88 Å². The van der Waals surface area contributed by atoms with E-state index in [1.807, 2.05) is 6.20 Å². The molecule has 1 fully saturated rings. The van der Waals surface area contributed by atoms with Gasteiger partial charge in [-0.05, 0) is 43.9 Å². The quantitative estimate of drug-likeness (QED) is 0.916. The molecular formula is C14H24ClN3. The summed E-state index contributed by atoms with van der Waals surface area (Å²) in [6.45, 7) is 7.25. The zero-order chi connectivity index (χ0) is 12.3. The number of likely N-dealkylation sites (tertiary alicyclic amines) is 1. The molecule has 2 heterocycles. The first-order valence-corrected chi connectivity index (χ1v) is 6.54. The Morgan fingerprint density at radius 3 is 2.83 bits per heavy atom. The SMILES string of the molecule is Cc1ccc(CN2CCC(C)CC2CN)nc1.Cl. The molecule has 2 N–H and O–H groups in total. The smallest absolute Gasteiger partial charge is 0.0544 e. The molecule has 2 rings (SSSR count). The highest BCUT2D eigenvalue weighted by Gasteiger charge is 2.25. The van der Waals surface area contributed by atoms with E-state index in [1.165, 1.54) is 18.4 Å². The van der Waals surface area contributed by atoms with Crippen LogP contribution in [0, 0.1) is 12.8 Å². The maximum absolute atomic E-state index is 5.87. The van der Waals surface area contributed by atoms with Gasteiger partial charge in [0, 0.05) is 25.3 Å². The first-order valence-electron chi connectivity index (χ1n) is 6.54. The normalized spacial score (nSPS) is 24.6. The van der Waals surface area contributed by atoms with Gasteiger partial charge in [0.1, 0.15) is 0 Å². The maximum atomic E-state index is 5.87. The van der Waals surface area contributed by atoms with Crippen LogP contribution in [0.4, 0.5) is 0 Å². The summed E-state index contributed by atoms with van der Waals surface area (Å²) in [5, 5.41) is 0. The van der Waals surface area contributed by atoms with E-state index in [-0.39, 0.29) is 12.4 Å². The number of hydrogen-bond donors (Lipinski definition) is 1. The zero-order valence-corrected chi connectivity index (χ0v) is 12.1. The summed E-state index contributed by atoms with van der Waals surface area (Å²) in [6, 6.07) is 4.79. The fourth-order valence-corrected chi connectivity index (χ4v) is 2.55. The van der Waals surface area contributed by atoms with Crippen LogP contribution in [0.5, 0.6) is 0 Å². The number of nitrogens with two attached hydrogens (primary N) is 1. The number of aromatic nitrogens is 1. The summed E-state index contributed by atoms with van der Waals surface area (Å²) in [7, 11) is 0. The highest BCUT2D eigenvalue weighted by molar-refractivity contribution is 5.85.